The molecule has 1 aliphatic rings. The van der Waals surface area contributed by atoms with Gasteiger partial charge in [0.2, 0.25) is 10.0 Å². The molecule has 10 heteroatoms. The molecule has 1 saturated heterocycles. The number of hydrogen-bond acceptors (Lipinski definition) is 8. The third-order valence-corrected chi connectivity index (χ3v) is 7.11. The van der Waals surface area contributed by atoms with Crippen LogP contribution in [0.3, 0.4) is 0 Å². The largest absolute Gasteiger partial charge is 0.482 e. The van der Waals surface area contributed by atoms with Crippen LogP contribution in [0.1, 0.15) is 23.2 Å². The topological polar surface area (TPSA) is 120 Å². The highest BCUT2D eigenvalue weighted by atomic mass is 32.2. The third-order valence-electron chi connectivity index (χ3n) is 5.19. The van der Waals surface area contributed by atoms with Crippen molar-refractivity contribution in [3.8, 4) is 5.75 Å². The summed E-state index contributed by atoms with van der Waals surface area (Å²) < 4.78 is 41.9. The molecule has 0 bridgehead atoms. The fourth-order valence-corrected chi connectivity index (χ4v) is 4.95. The maximum atomic E-state index is 12.5. The summed E-state index contributed by atoms with van der Waals surface area (Å²) in [6.07, 6.45) is 1.67. The van der Waals surface area contributed by atoms with Gasteiger partial charge in [0.15, 0.2) is 19.0 Å². The number of sulfonamides is 1. The van der Waals surface area contributed by atoms with Crippen LogP contribution in [0.2, 0.25) is 0 Å². The van der Waals surface area contributed by atoms with Crippen LogP contribution in [0.5, 0.6) is 5.75 Å². The Balaban J connectivity index is 1.29. The van der Waals surface area contributed by atoms with Crippen LogP contribution in [0.15, 0.2) is 68.7 Å². The minimum atomic E-state index is -3.56. The Labute approximate surface area is 189 Å². The smallest absolute Gasteiger partial charge is 0.344 e. The molecule has 1 aromatic heterocycles. The zero-order valence-electron chi connectivity index (χ0n) is 17.6. The summed E-state index contributed by atoms with van der Waals surface area (Å²) in [5.41, 5.74) is 0.0478. The molecular weight excluding hydrogens is 450 g/mol. The first-order chi connectivity index (χ1) is 15.8. The number of ether oxygens (including phenoxy) is 2. The fraction of sp³-hybridized carbons (Fsp3) is 0.261. The number of Topliss-reactive ketones (excluding diaryl/α,β-unsaturated/α-hetero) is 1. The first-order valence-electron chi connectivity index (χ1n) is 10.3. The average molecular weight is 471 g/mol. The molecule has 0 atom stereocenters. The van der Waals surface area contributed by atoms with E-state index in [0.29, 0.717) is 29.8 Å². The quantitative estimate of drug-likeness (QED) is 0.279. The Bertz CT molecular complexity index is 1340. The number of esters is 1. The molecule has 0 unspecified atom stereocenters. The van der Waals surface area contributed by atoms with E-state index in [1.807, 2.05) is 0 Å². The van der Waals surface area contributed by atoms with E-state index in [1.54, 1.807) is 18.2 Å². The zero-order valence-corrected chi connectivity index (χ0v) is 18.4. The predicted octanol–water partition coefficient (Wildman–Crippen LogP) is 2.38. The fourth-order valence-electron chi connectivity index (χ4n) is 3.43. The van der Waals surface area contributed by atoms with E-state index >= 15 is 0 Å². The molecule has 2 aromatic carbocycles. The summed E-state index contributed by atoms with van der Waals surface area (Å²) in [5.74, 6) is -0.929. The van der Waals surface area contributed by atoms with Crippen molar-refractivity contribution in [3.63, 3.8) is 0 Å². The molecule has 0 radical (unpaired) electrons. The van der Waals surface area contributed by atoms with Crippen LogP contribution in [-0.2, 0) is 19.6 Å². The summed E-state index contributed by atoms with van der Waals surface area (Å²) >= 11 is 0. The summed E-state index contributed by atoms with van der Waals surface area (Å²) in [6, 6.07) is 13.2. The van der Waals surface area contributed by atoms with E-state index in [4.69, 9.17) is 13.9 Å². The summed E-state index contributed by atoms with van der Waals surface area (Å²) in [4.78, 5) is 35.7. The molecule has 1 fully saturated rings. The Hall–Kier alpha value is -3.50. The number of fused-ring (bicyclic) bond motifs is 1. The van der Waals surface area contributed by atoms with Crippen molar-refractivity contribution in [2.24, 2.45) is 0 Å². The Morgan fingerprint density at radius 1 is 0.939 bits per heavy atom. The second-order valence-electron chi connectivity index (χ2n) is 7.46. The molecule has 0 aliphatic carbocycles. The van der Waals surface area contributed by atoms with Crippen molar-refractivity contribution in [2.75, 3.05) is 26.3 Å². The highest BCUT2D eigenvalue weighted by molar-refractivity contribution is 7.89. The molecular formula is C23H21NO8S. The van der Waals surface area contributed by atoms with Crippen molar-refractivity contribution in [1.29, 1.82) is 0 Å². The van der Waals surface area contributed by atoms with Gasteiger partial charge < -0.3 is 13.9 Å². The molecule has 9 nitrogen and oxygen atoms in total. The highest BCUT2D eigenvalue weighted by Gasteiger charge is 2.27. The highest BCUT2D eigenvalue weighted by Crippen LogP contribution is 2.21. The monoisotopic (exact) mass is 471 g/mol. The molecule has 172 valence electrons. The molecule has 0 N–H and O–H groups in total. The number of hydrogen-bond donors (Lipinski definition) is 0. The molecule has 0 amide bonds. The average Bonchev–Trinajstić information content (AvgIpc) is 3.37. The third kappa shape index (κ3) is 5.29. The first kappa shape index (κ1) is 22.7. The normalized spacial score (nSPS) is 14.3. The van der Waals surface area contributed by atoms with Gasteiger partial charge in [0, 0.05) is 36.2 Å². The second kappa shape index (κ2) is 9.55. The number of nitrogens with zero attached hydrogens (tertiary/aromatic N) is 1. The summed E-state index contributed by atoms with van der Waals surface area (Å²) in [7, 11) is -3.56. The van der Waals surface area contributed by atoms with Gasteiger partial charge in [-0.25, -0.2) is 18.0 Å². The van der Waals surface area contributed by atoms with Gasteiger partial charge in [-0.3, -0.25) is 4.79 Å². The van der Waals surface area contributed by atoms with Crippen LogP contribution in [0.25, 0.3) is 11.0 Å². The molecule has 0 saturated carbocycles. The Morgan fingerprint density at radius 3 is 2.36 bits per heavy atom. The minimum Gasteiger partial charge on any atom is -0.482 e. The lowest BCUT2D eigenvalue weighted by molar-refractivity contribution is -0.144. The lowest BCUT2D eigenvalue weighted by atomic mass is 10.1. The lowest BCUT2D eigenvalue weighted by Gasteiger charge is -2.15. The number of carbonyl (C=O) groups is 2. The van der Waals surface area contributed by atoms with Gasteiger partial charge in [-0.05, 0) is 55.3 Å². The summed E-state index contributed by atoms with van der Waals surface area (Å²) in [5, 5.41) is 0.703. The van der Waals surface area contributed by atoms with Gasteiger partial charge in [-0.1, -0.05) is 0 Å². The molecule has 3 aromatic rings. The zero-order chi connectivity index (χ0) is 23.4. The molecule has 2 heterocycles. The van der Waals surface area contributed by atoms with Gasteiger partial charge in [-0.15, -0.1) is 0 Å². The minimum absolute atomic E-state index is 0.123. The van der Waals surface area contributed by atoms with E-state index in [9.17, 15) is 22.8 Å². The van der Waals surface area contributed by atoms with Crippen LogP contribution in [0, 0.1) is 0 Å². The van der Waals surface area contributed by atoms with Crippen LogP contribution in [-0.4, -0.2) is 50.8 Å². The van der Waals surface area contributed by atoms with E-state index in [2.05, 4.69) is 0 Å². The van der Waals surface area contributed by atoms with Crippen molar-refractivity contribution in [2.45, 2.75) is 17.7 Å². The standard InChI is InChI=1S/C23H21NO8S/c25-20(16-4-8-19(9-5-16)33(28,29)24-11-1-2-12-24)14-31-23(27)15-30-18-7-3-17-6-10-22(26)32-21(17)13-18/h3-10,13H,1-2,11-12,14-15H2. The number of rotatable bonds is 8. The van der Waals surface area contributed by atoms with Crippen LogP contribution < -0.4 is 10.4 Å². The van der Waals surface area contributed by atoms with Gasteiger partial charge in [0.05, 0.1) is 4.90 Å². The molecule has 1 aliphatic heterocycles. The van der Waals surface area contributed by atoms with Gasteiger partial charge in [0.1, 0.15) is 11.3 Å². The van der Waals surface area contributed by atoms with Crippen molar-refractivity contribution < 1.29 is 31.9 Å². The van der Waals surface area contributed by atoms with Crippen LogP contribution in [0.4, 0.5) is 0 Å². The van der Waals surface area contributed by atoms with Gasteiger partial charge in [0.25, 0.3) is 0 Å². The molecule has 4 rings (SSSR count). The Kier molecular flexibility index (Phi) is 6.57. The van der Waals surface area contributed by atoms with E-state index in [1.165, 1.54) is 40.7 Å². The van der Waals surface area contributed by atoms with Gasteiger partial charge in [-0.2, -0.15) is 4.31 Å². The van der Waals surface area contributed by atoms with Gasteiger partial charge >= 0.3 is 11.6 Å². The van der Waals surface area contributed by atoms with Crippen LogP contribution >= 0.6 is 0 Å². The summed E-state index contributed by atoms with van der Waals surface area (Å²) in [6.45, 7) is 0.0409. The van der Waals surface area contributed by atoms with Crippen molar-refractivity contribution >= 4 is 32.7 Å². The Morgan fingerprint density at radius 2 is 1.64 bits per heavy atom. The second-order valence-corrected chi connectivity index (χ2v) is 9.40. The molecule has 0 spiro atoms. The first-order valence-corrected chi connectivity index (χ1v) is 11.7. The van der Waals surface area contributed by atoms with Crippen molar-refractivity contribution in [1.82, 2.24) is 4.31 Å². The van der Waals surface area contributed by atoms with E-state index < -0.39 is 40.6 Å². The lowest BCUT2D eigenvalue weighted by Crippen LogP contribution is -2.27. The number of carbonyl (C=O) groups excluding carboxylic acids is 2. The van der Waals surface area contributed by atoms with Crippen molar-refractivity contribution in [3.05, 3.63) is 70.6 Å². The number of benzene rings is 2. The molecule has 33 heavy (non-hydrogen) atoms. The SMILES string of the molecule is O=C(COc1ccc2ccc(=O)oc2c1)OCC(=O)c1ccc(S(=O)(=O)N2CCCC2)cc1. The van der Waals surface area contributed by atoms with E-state index in [-0.39, 0.29) is 10.5 Å². The van der Waals surface area contributed by atoms with E-state index in [0.717, 1.165) is 12.8 Å². The predicted molar refractivity (Wildman–Crippen MR) is 118 cm³/mol. The number of ketones is 1. The maximum absolute atomic E-state index is 12.5. The maximum Gasteiger partial charge on any atom is 0.344 e.